The van der Waals surface area contributed by atoms with E-state index in [1.165, 1.54) is 218 Å². The van der Waals surface area contributed by atoms with E-state index in [0.717, 1.165) is 25.7 Å². The summed E-state index contributed by atoms with van der Waals surface area (Å²) in [5.41, 5.74) is 0. The SMILES string of the molecule is CCCCCCCC/C=C\CCCCCCCCCCCC(=O)NC(CO)C(O)CCCCCCCCCCCCCCCCCCCCCCC. The Hall–Kier alpha value is -0.870. The van der Waals surface area contributed by atoms with E-state index in [2.05, 4.69) is 31.3 Å². The fraction of sp³-hybridized carbons (Fsp3) is 0.938. The third-order valence-electron chi connectivity index (χ3n) is 11.3. The zero-order valence-corrected chi connectivity index (χ0v) is 35.6. The topological polar surface area (TPSA) is 69.6 Å². The van der Waals surface area contributed by atoms with Crippen LogP contribution in [0.15, 0.2) is 12.2 Å². The monoisotopic (exact) mass is 734 g/mol. The molecule has 0 aliphatic rings. The second-order valence-corrected chi connectivity index (χ2v) is 16.5. The minimum atomic E-state index is -0.657. The number of carbonyl (C=O) groups excluding carboxylic acids is 1. The second-order valence-electron chi connectivity index (χ2n) is 16.5. The highest BCUT2D eigenvalue weighted by Gasteiger charge is 2.20. The Morgan fingerprint density at radius 3 is 1.06 bits per heavy atom. The van der Waals surface area contributed by atoms with Crippen LogP contribution in [0.25, 0.3) is 0 Å². The molecule has 0 saturated heterocycles. The molecule has 0 spiro atoms. The van der Waals surface area contributed by atoms with Gasteiger partial charge < -0.3 is 15.5 Å². The second kappa shape index (κ2) is 44.5. The smallest absolute Gasteiger partial charge is 0.220 e. The van der Waals surface area contributed by atoms with Gasteiger partial charge in [-0.25, -0.2) is 0 Å². The molecule has 4 heteroatoms. The van der Waals surface area contributed by atoms with Crippen LogP contribution in [0.5, 0.6) is 0 Å². The van der Waals surface area contributed by atoms with E-state index in [1.54, 1.807) is 0 Å². The number of allylic oxidation sites excluding steroid dienone is 2. The Morgan fingerprint density at radius 1 is 0.442 bits per heavy atom. The molecule has 3 N–H and O–H groups in total. The molecule has 310 valence electrons. The lowest BCUT2D eigenvalue weighted by Crippen LogP contribution is -2.45. The zero-order valence-electron chi connectivity index (χ0n) is 35.6. The number of aliphatic hydroxyl groups excluding tert-OH is 2. The van der Waals surface area contributed by atoms with Gasteiger partial charge in [0.25, 0.3) is 0 Å². The Morgan fingerprint density at radius 2 is 0.731 bits per heavy atom. The largest absolute Gasteiger partial charge is 0.394 e. The number of aliphatic hydroxyl groups is 2. The van der Waals surface area contributed by atoms with Gasteiger partial charge in [0.2, 0.25) is 5.91 Å². The van der Waals surface area contributed by atoms with Gasteiger partial charge in [0, 0.05) is 6.42 Å². The summed E-state index contributed by atoms with van der Waals surface area (Å²) < 4.78 is 0. The average molecular weight is 734 g/mol. The molecule has 0 fully saturated rings. The predicted molar refractivity (Wildman–Crippen MR) is 230 cm³/mol. The Kier molecular flexibility index (Phi) is 43.8. The molecular weight excluding hydrogens is 639 g/mol. The van der Waals surface area contributed by atoms with Gasteiger partial charge in [-0.1, -0.05) is 238 Å². The maximum atomic E-state index is 12.4. The van der Waals surface area contributed by atoms with Crippen molar-refractivity contribution in [1.82, 2.24) is 5.32 Å². The van der Waals surface area contributed by atoms with Crippen LogP contribution in [0.3, 0.4) is 0 Å². The van der Waals surface area contributed by atoms with Gasteiger partial charge in [-0.3, -0.25) is 4.79 Å². The highest BCUT2D eigenvalue weighted by Crippen LogP contribution is 2.17. The molecule has 4 nitrogen and oxygen atoms in total. The Bertz CT molecular complexity index is 710. The third-order valence-corrected chi connectivity index (χ3v) is 11.3. The molecule has 0 aliphatic heterocycles. The first-order valence-electron chi connectivity index (χ1n) is 23.9. The summed E-state index contributed by atoms with van der Waals surface area (Å²) in [6.45, 7) is 4.38. The van der Waals surface area contributed by atoms with Crippen molar-refractivity contribution in [1.29, 1.82) is 0 Å². The van der Waals surface area contributed by atoms with Crippen LogP contribution in [0.4, 0.5) is 0 Å². The van der Waals surface area contributed by atoms with Crippen molar-refractivity contribution in [3.63, 3.8) is 0 Å². The first kappa shape index (κ1) is 51.1. The lowest BCUT2D eigenvalue weighted by atomic mass is 10.0. The first-order valence-corrected chi connectivity index (χ1v) is 23.9. The number of carbonyl (C=O) groups is 1. The van der Waals surface area contributed by atoms with Crippen LogP contribution >= 0.6 is 0 Å². The fourth-order valence-corrected chi connectivity index (χ4v) is 7.59. The van der Waals surface area contributed by atoms with E-state index in [0.29, 0.717) is 12.8 Å². The number of unbranched alkanes of at least 4 members (excludes halogenated alkanes) is 35. The van der Waals surface area contributed by atoms with E-state index in [-0.39, 0.29) is 12.5 Å². The molecule has 0 rings (SSSR count). The summed E-state index contributed by atoms with van der Waals surface area (Å²) in [5, 5.41) is 23.2. The van der Waals surface area contributed by atoms with Crippen molar-refractivity contribution in [3.05, 3.63) is 12.2 Å². The van der Waals surface area contributed by atoms with Gasteiger partial charge in [0.1, 0.15) is 0 Å². The van der Waals surface area contributed by atoms with E-state index in [4.69, 9.17) is 0 Å². The molecule has 52 heavy (non-hydrogen) atoms. The van der Waals surface area contributed by atoms with E-state index in [1.807, 2.05) is 0 Å². The van der Waals surface area contributed by atoms with Gasteiger partial charge in [0.05, 0.1) is 18.8 Å². The highest BCUT2D eigenvalue weighted by atomic mass is 16.3. The molecule has 0 aromatic carbocycles. The molecule has 2 unspecified atom stereocenters. The summed E-state index contributed by atoms with van der Waals surface area (Å²) in [7, 11) is 0. The summed E-state index contributed by atoms with van der Waals surface area (Å²) in [6, 6.07) is -0.534. The summed E-state index contributed by atoms with van der Waals surface area (Å²) in [4.78, 5) is 12.4. The normalized spacial score (nSPS) is 12.9. The van der Waals surface area contributed by atoms with E-state index in [9.17, 15) is 15.0 Å². The number of amides is 1. The lowest BCUT2D eigenvalue weighted by molar-refractivity contribution is -0.123. The molecule has 0 radical (unpaired) electrons. The Balaban J connectivity index is 3.47. The summed E-state index contributed by atoms with van der Waals surface area (Å²) in [6.07, 6.45) is 55.9. The Labute approximate surface area is 327 Å². The van der Waals surface area contributed by atoms with Crippen molar-refractivity contribution in [2.24, 2.45) is 0 Å². The minimum Gasteiger partial charge on any atom is -0.394 e. The predicted octanol–water partition coefficient (Wildman–Crippen LogP) is 15.0. The van der Waals surface area contributed by atoms with Crippen molar-refractivity contribution < 1.29 is 15.0 Å². The number of nitrogens with one attached hydrogen (secondary N) is 1. The summed E-state index contributed by atoms with van der Waals surface area (Å²) in [5.74, 6) is -0.0297. The van der Waals surface area contributed by atoms with Crippen LogP contribution in [-0.2, 0) is 4.79 Å². The van der Waals surface area contributed by atoms with Gasteiger partial charge in [0.15, 0.2) is 0 Å². The number of hydrogen-bond donors (Lipinski definition) is 3. The highest BCUT2D eigenvalue weighted by molar-refractivity contribution is 5.76. The number of hydrogen-bond acceptors (Lipinski definition) is 3. The maximum Gasteiger partial charge on any atom is 0.220 e. The van der Waals surface area contributed by atoms with Crippen LogP contribution < -0.4 is 5.32 Å². The van der Waals surface area contributed by atoms with E-state index < -0.39 is 12.1 Å². The molecular formula is C48H95NO3. The van der Waals surface area contributed by atoms with Crippen LogP contribution in [0, 0.1) is 0 Å². The molecule has 0 saturated carbocycles. The molecule has 0 heterocycles. The van der Waals surface area contributed by atoms with Gasteiger partial charge in [-0.05, 0) is 38.5 Å². The molecule has 1 amide bonds. The molecule has 0 aromatic heterocycles. The van der Waals surface area contributed by atoms with Crippen LogP contribution in [0.2, 0.25) is 0 Å². The lowest BCUT2D eigenvalue weighted by Gasteiger charge is -2.22. The van der Waals surface area contributed by atoms with Crippen molar-refractivity contribution in [3.8, 4) is 0 Å². The molecule has 0 bridgehead atoms. The standard InChI is InChI=1S/C48H95NO3/c1-3-5-7-9-11-13-15-17-19-21-23-24-26-27-29-31-33-35-37-39-41-43-47(51)46(45-50)49-48(52)44-42-40-38-36-34-32-30-28-25-22-20-18-16-14-12-10-8-6-4-2/h18,20,46-47,50-51H,3-17,19,21-45H2,1-2H3,(H,49,52)/b20-18-. The summed E-state index contributed by atoms with van der Waals surface area (Å²) >= 11 is 0. The van der Waals surface area contributed by atoms with Crippen molar-refractivity contribution in [2.45, 2.75) is 283 Å². The molecule has 0 aliphatic carbocycles. The van der Waals surface area contributed by atoms with Gasteiger partial charge >= 0.3 is 0 Å². The quantitative estimate of drug-likeness (QED) is 0.0431. The van der Waals surface area contributed by atoms with Crippen LogP contribution in [0.1, 0.15) is 271 Å². The maximum absolute atomic E-state index is 12.4. The molecule has 2 atom stereocenters. The van der Waals surface area contributed by atoms with Crippen LogP contribution in [-0.4, -0.2) is 34.9 Å². The van der Waals surface area contributed by atoms with E-state index >= 15 is 0 Å². The third kappa shape index (κ3) is 40.3. The molecule has 0 aromatic rings. The first-order chi connectivity index (χ1) is 25.7. The van der Waals surface area contributed by atoms with Gasteiger partial charge in [-0.2, -0.15) is 0 Å². The average Bonchev–Trinajstić information content (AvgIpc) is 3.15. The van der Waals surface area contributed by atoms with Gasteiger partial charge in [-0.15, -0.1) is 0 Å². The number of rotatable bonds is 44. The fourth-order valence-electron chi connectivity index (χ4n) is 7.59. The van der Waals surface area contributed by atoms with Crippen molar-refractivity contribution >= 4 is 5.91 Å². The van der Waals surface area contributed by atoms with Crippen molar-refractivity contribution in [2.75, 3.05) is 6.61 Å². The zero-order chi connectivity index (χ0) is 37.8. The minimum absolute atomic E-state index is 0.0297.